The zero-order chi connectivity index (χ0) is 109. The van der Waals surface area contributed by atoms with Crippen LogP contribution in [0.3, 0.4) is 0 Å². The van der Waals surface area contributed by atoms with E-state index in [4.69, 9.17) is 14.2 Å². The molecule has 866 valence electrons. The lowest BCUT2D eigenvalue weighted by Crippen LogP contribution is -2.66. The van der Waals surface area contributed by atoms with E-state index in [1.807, 2.05) is 35.5 Å². The van der Waals surface area contributed by atoms with Gasteiger partial charge in [-0.25, -0.2) is 9.59 Å². The standard InChI is InChI=1S/C14H28N2.C13H24N2O2.2C12H24N2O2.C12H24N2O.C12H24N2.C12H26N2.C11H24N2.C10H22N2.C10H21N.2CH4/c1-11-6-12(2)8-15(7-11)13-9-16(10-13)14(3,4)5;1-10(17-5)6-7-14-12(16)11-8-15(9-11)13(2,3)4;2*1-5-16-11(15)13-7-6-8-14(10-9-13)12(2,3)4;1-5-11(15)13-7-6-8-14(10-9-13)12(2,3)4;1-12(2,3)14-9-11(10-14)13-7-5-4-6-8-13;1-5-7-13-8-6-9-14(11-10-13)12(2,3)4;1-11(2,3)13-8-6-5-7-10(9-13)12-4;1-10(2,3)12-7-5-6-11(4)8-9-12;1-10(2,3)11-8-6-4-5-7-9-11;;/h11-13H,6-10H2,1-5H3;11H,1,6-9H2,2-5H3,(H,14,16);2*5-10H2,1-4H3;5-10H2,1-4H3;11H,4-10H2,1-3H3;5-11H2,1-4H3;10,12H,5-9H2,1-4H3;5-9H2,1-4H3;4-9H2,1-3H3;2*1H4. The van der Waals surface area contributed by atoms with Crippen LogP contribution >= 0.6 is 0 Å². The Labute approximate surface area is 905 Å². The Morgan fingerprint density at radius 1 is 0.336 bits per heavy atom. The van der Waals surface area contributed by atoms with Crippen LogP contribution < -0.4 is 10.6 Å². The van der Waals surface area contributed by atoms with Crippen LogP contribution in [0.15, 0.2) is 12.3 Å². The van der Waals surface area contributed by atoms with Crippen LogP contribution in [0.1, 0.15) is 386 Å². The van der Waals surface area contributed by atoms with E-state index in [1.54, 1.807) is 7.11 Å². The maximum Gasteiger partial charge on any atom is 0.409 e. The first kappa shape index (κ1) is 140. The molecule has 12 aliphatic heterocycles. The third-order valence-corrected chi connectivity index (χ3v) is 31.5. The Kier molecular flexibility index (Phi) is 65.5. The van der Waals surface area contributed by atoms with Gasteiger partial charge in [0.25, 0.3) is 0 Å². The highest BCUT2D eigenvalue weighted by Crippen LogP contribution is 2.33. The fourth-order valence-electron chi connectivity index (χ4n) is 21.2. The van der Waals surface area contributed by atoms with Crippen molar-refractivity contribution in [2.24, 2.45) is 17.8 Å². The van der Waals surface area contributed by atoms with E-state index in [2.05, 4.69) is 328 Å². The molecule has 0 aromatic rings. The number of carbonyl (C=O) groups excluding carboxylic acids is 4. The van der Waals surface area contributed by atoms with Gasteiger partial charge >= 0.3 is 12.2 Å². The number of ether oxygens (including phenoxy) is 3. The summed E-state index contributed by atoms with van der Waals surface area (Å²) in [5.74, 6) is 3.08. The Bertz CT molecular complexity index is 3360. The van der Waals surface area contributed by atoms with Gasteiger partial charge in [-0.05, 0) is 396 Å². The van der Waals surface area contributed by atoms with E-state index in [0.717, 1.165) is 135 Å². The Morgan fingerprint density at radius 2 is 0.658 bits per heavy atom. The number of hydrogen-bond donors (Lipinski definition) is 2. The zero-order valence-electron chi connectivity index (χ0n) is 102. The van der Waals surface area contributed by atoms with Gasteiger partial charge < -0.3 is 49.3 Å². The average Bonchev–Trinajstić information content (AvgIpc) is 1.04. The van der Waals surface area contributed by atoms with Gasteiger partial charge in [0.05, 0.1) is 32.0 Å². The summed E-state index contributed by atoms with van der Waals surface area (Å²) in [5.41, 5.74) is 2.94. The van der Waals surface area contributed by atoms with Crippen LogP contribution in [0.4, 0.5) is 9.59 Å². The largest absolute Gasteiger partial charge is 0.502 e. The summed E-state index contributed by atoms with van der Waals surface area (Å²) in [6, 6.07) is 2.40. The first-order chi connectivity index (χ1) is 66.8. The normalized spacial score (nSPS) is 23.1. The minimum absolute atomic E-state index is 0. The highest BCUT2D eigenvalue weighted by atomic mass is 16.6. The predicted molar refractivity (Wildman–Crippen MR) is 628 cm³/mol. The van der Waals surface area contributed by atoms with Crippen molar-refractivity contribution < 1.29 is 33.4 Å². The number of amides is 4. The van der Waals surface area contributed by atoms with E-state index in [9.17, 15) is 19.2 Å². The summed E-state index contributed by atoms with van der Waals surface area (Å²) in [5, 5.41) is 6.32. The summed E-state index contributed by atoms with van der Waals surface area (Å²) >= 11 is 0. The van der Waals surface area contributed by atoms with Gasteiger partial charge in [0.1, 0.15) is 0 Å². The molecule has 26 nitrogen and oxygen atoms in total. The van der Waals surface area contributed by atoms with Crippen LogP contribution in [0.5, 0.6) is 0 Å². The molecule has 12 rings (SSSR count). The molecule has 12 aliphatic rings. The molecule has 0 saturated carbocycles. The molecule has 3 unspecified atom stereocenters. The first-order valence-corrected chi connectivity index (χ1v) is 58.5. The molecule has 12 heterocycles. The monoisotopic (exact) mass is 2070 g/mol. The summed E-state index contributed by atoms with van der Waals surface area (Å²) < 4.78 is 15.0. The number of piperidine rings is 2. The number of hydrogen-bond acceptors (Lipinski definition) is 22. The number of likely N-dealkylation sites (N-methyl/N-ethyl adjacent to an activating group) is 2. The molecule has 0 aromatic carbocycles. The molecular formula is C120H249N19O7. The van der Waals surface area contributed by atoms with Gasteiger partial charge in [0, 0.05) is 257 Å². The van der Waals surface area contributed by atoms with Crippen molar-refractivity contribution in [2.75, 3.05) is 270 Å². The molecule has 3 atom stereocenters. The Hall–Kier alpha value is -3.58. The average molecular weight is 2070 g/mol. The number of rotatable bonds is 13. The van der Waals surface area contributed by atoms with Gasteiger partial charge in [0.15, 0.2) is 0 Å². The van der Waals surface area contributed by atoms with E-state index < -0.39 is 0 Å². The fourth-order valence-corrected chi connectivity index (χ4v) is 21.2. The number of carbonyl (C=O) groups is 4. The van der Waals surface area contributed by atoms with Crippen molar-refractivity contribution in [3.8, 4) is 0 Å². The quantitative estimate of drug-likeness (QED) is 0.166. The van der Waals surface area contributed by atoms with E-state index >= 15 is 0 Å². The van der Waals surface area contributed by atoms with Gasteiger partial charge in [-0.2, -0.15) is 0 Å². The summed E-state index contributed by atoms with van der Waals surface area (Å²) in [6.07, 6.45) is 23.5. The fraction of sp³-hybridized carbons (Fsp3) is 0.950. The summed E-state index contributed by atoms with van der Waals surface area (Å²) in [4.78, 5) is 87.8. The molecule has 26 heteroatoms. The van der Waals surface area contributed by atoms with E-state index in [0.29, 0.717) is 83.5 Å². The van der Waals surface area contributed by atoms with Crippen molar-refractivity contribution in [1.82, 2.24) is 93.9 Å². The molecule has 12 saturated heterocycles. The number of nitrogens with one attached hydrogen (secondary N) is 2. The van der Waals surface area contributed by atoms with Crippen LogP contribution in [-0.4, -0.2) is 451 Å². The second-order valence-corrected chi connectivity index (χ2v) is 54.0. The van der Waals surface area contributed by atoms with Crippen LogP contribution in [0.25, 0.3) is 0 Å². The highest BCUT2D eigenvalue weighted by Gasteiger charge is 2.43. The molecule has 0 bridgehead atoms. The SMILES string of the molecule is C.C.C=C(CCNC(=O)C1CN(C(C)(C)C)C1)OC.CC(C)(C)N1CC(N2CCCCC2)C1.CC(C)(C)N1CCCCCC1.CC1CC(C)CN(C2CN(C(C)(C)C)C2)C1.CCC(=O)N1CCCN(C(C)(C)C)CC1.CCCN1CCCN(C(C)(C)C)CC1.CCOC(=O)N1CCCN(C(C)(C)C)CC1.CCOC(=O)N1CCCN(C(C)(C)C)CC1.CN1CCCN(C(C)(C)C)CC1.CNC1CCCCN(C(C)(C)C)C1. The second-order valence-electron chi connectivity index (χ2n) is 54.0. The lowest BCUT2D eigenvalue weighted by molar-refractivity contribution is -0.133. The third kappa shape index (κ3) is 56.2. The molecule has 12 fully saturated rings. The Balaban J connectivity index is 0.000000812. The minimum Gasteiger partial charge on any atom is -0.502 e. The van der Waals surface area contributed by atoms with Crippen molar-refractivity contribution in [2.45, 2.75) is 460 Å². The predicted octanol–water partition coefficient (Wildman–Crippen LogP) is 20.8. The maximum atomic E-state index is 11.8. The molecule has 0 spiro atoms. The molecule has 4 amide bonds. The van der Waals surface area contributed by atoms with Gasteiger partial charge in [-0.3, -0.25) is 68.4 Å². The van der Waals surface area contributed by atoms with Gasteiger partial charge in [-0.15, -0.1) is 0 Å². The number of methoxy groups -OCH3 is 1. The topological polar surface area (TPSA) is 175 Å². The molecular weight excluding hydrogens is 1820 g/mol. The summed E-state index contributed by atoms with van der Waals surface area (Å²) in [7, 11) is 5.89. The highest BCUT2D eigenvalue weighted by molar-refractivity contribution is 5.80. The van der Waals surface area contributed by atoms with Crippen molar-refractivity contribution >= 4 is 24.0 Å². The van der Waals surface area contributed by atoms with Crippen molar-refractivity contribution in [3.05, 3.63) is 12.3 Å². The Morgan fingerprint density at radius 3 is 1.03 bits per heavy atom. The molecule has 0 aliphatic carbocycles. The molecule has 0 aromatic heterocycles. The second kappa shape index (κ2) is 68.1. The first-order valence-electron chi connectivity index (χ1n) is 58.5. The van der Waals surface area contributed by atoms with Crippen molar-refractivity contribution in [1.29, 1.82) is 0 Å². The number of nitrogens with zero attached hydrogens (tertiary/aromatic N) is 17. The third-order valence-electron chi connectivity index (χ3n) is 31.5. The van der Waals surface area contributed by atoms with Gasteiger partial charge in [0.2, 0.25) is 11.8 Å². The zero-order valence-corrected chi connectivity index (χ0v) is 102. The molecule has 2 N–H and O–H groups in total. The van der Waals surface area contributed by atoms with E-state index in [-0.39, 0.29) is 61.0 Å². The van der Waals surface area contributed by atoms with E-state index in [1.165, 1.54) is 227 Å². The summed E-state index contributed by atoms with van der Waals surface area (Å²) in [6.45, 7) is 126. The lowest BCUT2D eigenvalue weighted by Gasteiger charge is -2.53. The smallest absolute Gasteiger partial charge is 0.409 e. The minimum atomic E-state index is -0.168. The van der Waals surface area contributed by atoms with Crippen molar-refractivity contribution in [3.63, 3.8) is 0 Å². The van der Waals surface area contributed by atoms with Crippen LogP contribution in [-0.2, 0) is 23.8 Å². The van der Waals surface area contributed by atoms with Gasteiger partial charge in [-0.1, -0.05) is 74.8 Å². The maximum absolute atomic E-state index is 11.8. The van der Waals surface area contributed by atoms with Crippen LogP contribution in [0, 0.1) is 17.8 Å². The molecule has 0 radical (unpaired) electrons. The lowest BCUT2D eigenvalue weighted by atomic mass is 9.88. The van der Waals surface area contributed by atoms with Crippen LogP contribution in [0.2, 0.25) is 0 Å². The molecule has 146 heavy (non-hydrogen) atoms. The number of likely N-dealkylation sites (tertiary alicyclic amines) is 7.